The molecule has 0 saturated heterocycles. The second-order valence-corrected chi connectivity index (χ2v) is 4.32. The molecule has 0 aliphatic carbocycles. The zero-order chi connectivity index (χ0) is 14.8. The summed E-state index contributed by atoms with van der Waals surface area (Å²) in [6.45, 7) is 7.94. The number of ether oxygens (including phenoxy) is 1. The highest BCUT2D eigenvalue weighted by Crippen LogP contribution is 2.11. The lowest BCUT2D eigenvalue weighted by Gasteiger charge is -2.19. The van der Waals surface area contributed by atoms with Crippen LogP contribution in [0.2, 0.25) is 0 Å². The minimum absolute atomic E-state index is 0. The van der Waals surface area contributed by atoms with Gasteiger partial charge in [-0.3, -0.25) is 0 Å². The van der Waals surface area contributed by atoms with Crippen LogP contribution in [-0.4, -0.2) is 44.3 Å². The number of rotatable bonds is 8. The van der Waals surface area contributed by atoms with Gasteiger partial charge in [0.2, 0.25) is 0 Å². The van der Waals surface area contributed by atoms with Gasteiger partial charge in [-0.05, 0) is 25.5 Å². The average Bonchev–Trinajstić information content (AvgIpc) is 2.48. The maximum atomic E-state index is 5.74. The summed E-state index contributed by atoms with van der Waals surface area (Å²) in [6.07, 6.45) is 1.85. The molecule has 1 heterocycles. The van der Waals surface area contributed by atoms with E-state index in [-0.39, 0.29) is 24.0 Å². The summed E-state index contributed by atoms with van der Waals surface area (Å²) < 4.78 is 4.92. The third-order valence-corrected chi connectivity index (χ3v) is 2.94. The molecule has 0 radical (unpaired) electrons. The first-order chi connectivity index (χ1) is 9.71. The van der Waals surface area contributed by atoms with Gasteiger partial charge in [0.1, 0.15) is 5.82 Å². The first-order valence-corrected chi connectivity index (χ1v) is 6.93. The summed E-state index contributed by atoms with van der Waals surface area (Å²) >= 11 is 0. The van der Waals surface area contributed by atoms with Gasteiger partial charge >= 0.3 is 0 Å². The van der Waals surface area contributed by atoms with Crippen LogP contribution >= 0.6 is 24.0 Å². The van der Waals surface area contributed by atoms with E-state index in [1.165, 1.54) is 0 Å². The number of hydrogen-bond donors (Lipinski definition) is 2. The highest BCUT2D eigenvalue weighted by molar-refractivity contribution is 14.0. The SMILES string of the molecule is CCN(CC)c1ccc(CN=C(N)NCCOC)cn1.I. The minimum Gasteiger partial charge on any atom is -0.383 e. The number of nitrogens with one attached hydrogen (secondary N) is 1. The third kappa shape index (κ3) is 7.47. The van der Waals surface area contributed by atoms with Crippen molar-refractivity contribution >= 4 is 35.8 Å². The van der Waals surface area contributed by atoms with Gasteiger partial charge in [0, 0.05) is 32.9 Å². The van der Waals surface area contributed by atoms with Crippen LogP contribution in [0.25, 0.3) is 0 Å². The molecule has 0 unspecified atom stereocenters. The minimum atomic E-state index is 0. The molecule has 0 spiro atoms. The van der Waals surface area contributed by atoms with Gasteiger partial charge in [-0.25, -0.2) is 9.98 Å². The van der Waals surface area contributed by atoms with Crippen LogP contribution in [0.15, 0.2) is 23.3 Å². The number of halogens is 1. The summed E-state index contributed by atoms with van der Waals surface area (Å²) in [6, 6.07) is 4.05. The Labute approximate surface area is 144 Å². The molecule has 0 aliphatic heterocycles. The third-order valence-electron chi connectivity index (χ3n) is 2.94. The fourth-order valence-corrected chi connectivity index (χ4v) is 1.76. The molecule has 21 heavy (non-hydrogen) atoms. The van der Waals surface area contributed by atoms with E-state index in [0.29, 0.717) is 25.7 Å². The molecule has 6 nitrogen and oxygen atoms in total. The van der Waals surface area contributed by atoms with E-state index >= 15 is 0 Å². The molecular formula is C14H26IN5O. The summed E-state index contributed by atoms with van der Waals surface area (Å²) in [5.74, 6) is 1.42. The number of methoxy groups -OCH3 is 1. The molecule has 0 aliphatic rings. The largest absolute Gasteiger partial charge is 0.383 e. The molecule has 0 bridgehead atoms. The van der Waals surface area contributed by atoms with Gasteiger partial charge in [0.05, 0.1) is 13.2 Å². The first-order valence-electron chi connectivity index (χ1n) is 6.93. The Morgan fingerprint density at radius 3 is 2.62 bits per heavy atom. The standard InChI is InChI=1S/C14H25N5O.HI/c1-4-19(5-2)13-7-6-12(10-17-13)11-18-14(15)16-8-9-20-3;/h6-7,10H,4-5,8-9,11H2,1-3H3,(H3,15,16,18);1H. The van der Waals surface area contributed by atoms with Gasteiger partial charge in [-0.2, -0.15) is 0 Å². The van der Waals surface area contributed by atoms with Gasteiger partial charge in [0.15, 0.2) is 5.96 Å². The summed E-state index contributed by atoms with van der Waals surface area (Å²) in [4.78, 5) is 10.9. The number of guanidine groups is 1. The van der Waals surface area contributed by atoms with Crippen LogP contribution in [0.4, 0.5) is 5.82 Å². The second-order valence-electron chi connectivity index (χ2n) is 4.32. The molecule has 3 N–H and O–H groups in total. The molecule has 1 aromatic rings. The summed E-state index contributed by atoms with van der Waals surface area (Å²) in [5, 5.41) is 2.98. The normalized spacial score (nSPS) is 10.9. The van der Waals surface area contributed by atoms with Crippen LogP contribution in [-0.2, 0) is 11.3 Å². The van der Waals surface area contributed by atoms with Gasteiger partial charge in [-0.1, -0.05) is 6.07 Å². The van der Waals surface area contributed by atoms with E-state index in [0.717, 1.165) is 24.5 Å². The highest BCUT2D eigenvalue weighted by Gasteiger charge is 2.02. The van der Waals surface area contributed by atoms with Gasteiger partial charge < -0.3 is 20.7 Å². The van der Waals surface area contributed by atoms with E-state index in [4.69, 9.17) is 10.5 Å². The molecule has 0 fully saturated rings. The number of nitrogens with two attached hydrogens (primary N) is 1. The van der Waals surface area contributed by atoms with Crippen molar-refractivity contribution in [1.82, 2.24) is 10.3 Å². The average molecular weight is 407 g/mol. The van der Waals surface area contributed by atoms with E-state index < -0.39 is 0 Å². The smallest absolute Gasteiger partial charge is 0.188 e. The number of anilines is 1. The van der Waals surface area contributed by atoms with Crippen molar-refractivity contribution in [3.05, 3.63) is 23.9 Å². The first kappa shape index (κ1) is 19.9. The monoisotopic (exact) mass is 407 g/mol. The maximum Gasteiger partial charge on any atom is 0.188 e. The molecule has 0 amide bonds. The zero-order valence-electron chi connectivity index (χ0n) is 13.0. The fraction of sp³-hybridized carbons (Fsp3) is 0.571. The number of aliphatic imine (C=N–C) groups is 1. The number of aromatic nitrogens is 1. The number of pyridine rings is 1. The Kier molecular flexibility index (Phi) is 11.0. The Morgan fingerprint density at radius 1 is 1.38 bits per heavy atom. The highest BCUT2D eigenvalue weighted by atomic mass is 127. The van der Waals surface area contributed by atoms with Crippen molar-refractivity contribution in [3.8, 4) is 0 Å². The number of hydrogen-bond acceptors (Lipinski definition) is 4. The predicted octanol–water partition coefficient (Wildman–Crippen LogP) is 1.60. The lowest BCUT2D eigenvalue weighted by molar-refractivity contribution is 0.204. The van der Waals surface area contributed by atoms with Crippen LogP contribution < -0.4 is 16.0 Å². The molecule has 1 aromatic heterocycles. The van der Waals surface area contributed by atoms with Crippen LogP contribution in [0.3, 0.4) is 0 Å². The Morgan fingerprint density at radius 2 is 2.10 bits per heavy atom. The maximum absolute atomic E-state index is 5.74. The lowest BCUT2D eigenvalue weighted by Crippen LogP contribution is -2.34. The molecule has 1 rings (SSSR count). The van der Waals surface area contributed by atoms with Crippen molar-refractivity contribution in [1.29, 1.82) is 0 Å². The van der Waals surface area contributed by atoms with E-state index in [9.17, 15) is 0 Å². The van der Waals surface area contributed by atoms with Crippen LogP contribution in [0.1, 0.15) is 19.4 Å². The van der Waals surface area contributed by atoms with E-state index in [1.54, 1.807) is 7.11 Å². The quantitative estimate of drug-likeness (QED) is 0.296. The van der Waals surface area contributed by atoms with Crippen molar-refractivity contribution in [2.45, 2.75) is 20.4 Å². The molecular weight excluding hydrogens is 381 g/mol. The molecule has 0 saturated carbocycles. The van der Waals surface area contributed by atoms with Gasteiger partial charge in [0.25, 0.3) is 0 Å². The van der Waals surface area contributed by atoms with Crippen LogP contribution in [0.5, 0.6) is 0 Å². The Balaban J connectivity index is 0.00000400. The van der Waals surface area contributed by atoms with Crippen molar-refractivity contribution < 1.29 is 4.74 Å². The predicted molar refractivity (Wildman–Crippen MR) is 98.4 cm³/mol. The fourth-order valence-electron chi connectivity index (χ4n) is 1.76. The number of nitrogens with zero attached hydrogens (tertiary/aromatic N) is 3. The summed E-state index contributed by atoms with van der Waals surface area (Å²) in [7, 11) is 1.65. The lowest BCUT2D eigenvalue weighted by atomic mass is 10.3. The van der Waals surface area contributed by atoms with Crippen molar-refractivity contribution in [2.24, 2.45) is 10.7 Å². The molecule has 120 valence electrons. The van der Waals surface area contributed by atoms with Crippen molar-refractivity contribution in [2.75, 3.05) is 38.3 Å². The Bertz CT molecular complexity index is 406. The van der Waals surface area contributed by atoms with Crippen molar-refractivity contribution in [3.63, 3.8) is 0 Å². The molecule has 0 atom stereocenters. The van der Waals surface area contributed by atoms with E-state index in [2.05, 4.69) is 34.0 Å². The van der Waals surface area contributed by atoms with Crippen LogP contribution in [0, 0.1) is 0 Å². The summed E-state index contributed by atoms with van der Waals surface area (Å²) in [5.41, 5.74) is 6.78. The molecule has 7 heteroatoms. The Hall–Kier alpha value is -1.09. The van der Waals surface area contributed by atoms with Gasteiger partial charge in [-0.15, -0.1) is 24.0 Å². The topological polar surface area (TPSA) is 75.8 Å². The zero-order valence-corrected chi connectivity index (χ0v) is 15.3. The molecule has 0 aromatic carbocycles. The van der Waals surface area contributed by atoms with E-state index in [1.807, 2.05) is 18.3 Å². The second kappa shape index (κ2) is 11.6.